The molecule has 2 aromatic rings. The maximum absolute atomic E-state index is 13.7. The predicted molar refractivity (Wildman–Crippen MR) is 94.4 cm³/mol. The highest BCUT2D eigenvalue weighted by Crippen LogP contribution is 2.25. The lowest BCUT2D eigenvalue weighted by Gasteiger charge is -2.30. The number of carbonyl (C=O) groups is 1. The number of piperidine rings is 1. The number of hydrogen-bond acceptors (Lipinski definition) is 4. The van der Waals surface area contributed by atoms with Crippen LogP contribution >= 0.6 is 0 Å². The van der Waals surface area contributed by atoms with E-state index >= 15 is 0 Å². The number of anilines is 1. The fraction of sp³-hybridized carbons (Fsp3) is 0.412. The normalized spacial score (nSPS) is 18.4. The quantitative estimate of drug-likeness (QED) is 0.837. The highest BCUT2D eigenvalue weighted by atomic mass is 32.2. The van der Waals surface area contributed by atoms with Gasteiger partial charge in [0.25, 0.3) is 10.0 Å². The van der Waals surface area contributed by atoms with E-state index in [1.165, 1.54) is 16.8 Å². The van der Waals surface area contributed by atoms with Crippen molar-refractivity contribution in [3.63, 3.8) is 0 Å². The van der Waals surface area contributed by atoms with Crippen molar-refractivity contribution in [2.45, 2.75) is 31.3 Å². The molecule has 1 fully saturated rings. The Hall–Kier alpha value is -2.33. The number of aryl methyl sites for hydroxylation is 1. The number of halogens is 2. The number of nitrogens with zero attached hydrogens (tertiary/aromatic N) is 3. The zero-order chi connectivity index (χ0) is 19.6. The molecule has 3 rings (SSSR count). The number of aromatic nitrogens is 2. The van der Waals surface area contributed by atoms with Crippen molar-refractivity contribution >= 4 is 21.6 Å². The number of hydrogen-bond donors (Lipinski definition) is 1. The Kier molecular flexibility index (Phi) is 5.56. The van der Waals surface area contributed by atoms with Crippen molar-refractivity contribution in [2.24, 2.45) is 5.92 Å². The molecule has 1 aromatic carbocycles. The maximum Gasteiger partial charge on any atom is 0.262 e. The van der Waals surface area contributed by atoms with E-state index in [4.69, 9.17) is 0 Å². The van der Waals surface area contributed by atoms with Gasteiger partial charge < -0.3 is 9.88 Å². The first-order valence-corrected chi connectivity index (χ1v) is 10.0. The number of carbonyl (C=O) groups excluding carboxylic acids is 1. The van der Waals surface area contributed by atoms with Crippen molar-refractivity contribution in [2.75, 3.05) is 18.4 Å². The van der Waals surface area contributed by atoms with Gasteiger partial charge in [-0.05, 0) is 31.9 Å². The topological polar surface area (TPSA) is 84.3 Å². The van der Waals surface area contributed by atoms with Crippen LogP contribution in [0.4, 0.5) is 14.5 Å². The lowest BCUT2D eigenvalue weighted by Crippen LogP contribution is -2.43. The minimum absolute atomic E-state index is 0.0179. The van der Waals surface area contributed by atoms with E-state index in [1.807, 2.05) is 6.92 Å². The van der Waals surface area contributed by atoms with Gasteiger partial charge in [-0.25, -0.2) is 22.2 Å². The van der Waals surface area contributed by atoms with Gasteiger partial charge in [0.1, 0.15) is 11.6 Å². The second-order valence-corrected chi connectivity index (χ2v) is 8.24. The van der Waals surface area contributed by atoms with Crippen LogP contribution < -0.4 is 5.32 Å². The standard InChI is InChI=1S/C17H20F2N4O3S/c1-2-22-10-16(20-11-22)27(25,26)23-7-3-4-12(9-23)17(24)21-15-6-5-13(18)8-14(15)19/h5-6,8,10-12H,2-4,7,9H2,1H3,(H,21,24)/t12-/m1/s1. The summed E-state index contributed by atoms with van der Waals surface area (Å²) >= 11 is 0. The van der Waals surface area contributed by atoms with Crippen molar-refractivity contribution in [1.82, 2.24) is 13.9 Å². The van der Waals surface area contributed by atoms with Crippen LogP contribution in [0, 0.1) is 17.6 Å². The summed E-state index contributed by atoms with van der Waals surface area (Å²) in [6.07, 6.45) is 3.87. The van der Waals surface area contributed by atoms with Gasteiger partial charge in [0.05, 0.1) is 17.9 Å². The summed E-state index contributed by atoms with van der Waals surface area (Å²) < 4.78 is 55.1. The SMILES string of the molecule is CCn1cnc(S(=O)(=O)N2CCC[C@@H](C(=O)Nc3ccc(F)cc3F)C2)c1. The zero-order valence-corrected chi connectivity index (χ0v) is 15.5. The van der Waals surface area contributed by atoms with Crippen molar-refractivity contribution in [3.8, 4) is 0 Å². The van der Waals surface area contributed by atoms with Crippen molar-refractivity contribution < 1.29 is 22.0 Å². The summed E-state index contributed by atoms with van der Waals surface area (Å²) in [6, 6.07) is 2.86. The molecule has 1 saturated heterocycles. The summed E-state index contributed by atoms with van der Waals surface area (Å²) in [5.41, 5.74) is -0.136. The average Bonchev–Trinajstić information content (AvgIpc) is 3.14. The van der Waals surface area contributed by atoms with E-state index in [0.29, 0.717) is 25.5 Å². The Bertz CT molecular complexity index is 945. The van der Waals surface area contributed by atoms with Gasteiger partial charge in [0.15, 0.2) is 5.03 Å². The first-order valence-electron chi connectivity index (χ1n) is 8.59. The van der Waals surface area contributed by atoms with Crippen LogP contribution in [0.3, 0.4) is 0 Å². The first kappa shape index (κ1) is 19.4. The van der Waals surface area contributed by atoms with Crippen molar-refractivity contribution in [1.29, 1.82) is 0 Å². The number of nitrogens with one attached hydrogen (secondary N) is 1. The monoisotopic (exact) mass is 398 g/mol. The molecule has 0 spiro atoms. The van der Waals surface area contributed by atoms with E-state index in [0.717, 1.165) is 12.1 Å². The molecule has 10 heteroatoms. The van der Waals surface area contributed by atoms with Crippen LogP contribution in [-0.2, 0) is 21.4 Å². The molecule has 0 unspecified atom stereocenters. The van der Waals surface area contributed by atoms with E-state index in [1.54, 1.807) is 4.57 Å². The molecule has 1 N–H and O–H groups in total. The number of benzene rings is 1. The second kappa shape index (κ2) is 7.73. The Morgan fingerprint density at radius 3 is 2.81 bits per heavy atom. The Morgan fingerprint density at radius 1 is 1.37 bits per heavy atom. The summed E-state index contributed by atoms with van der Waals surface area (Å²) in [7, 11) is -3.81. The minimum Gasteiger partial charge on any atom is -0.336 e. The van der Waals surface area contributed by atoms with Gasteiger partial charge in [0.2, 0.25) is 5.91 Å². The molecule has 1 aromatic heterocycles. The summed E-state index contributed by atoms with van der Waals surface area (Å²) in [5.74, 6) is -2.76. The molecule has 1 aliphatic heterocycles. The molecule has 1 atom stereocenters. The third-order valence-corrected chi connectivity index (χ3v) is 6.27. The molecule has 1 aliphatic rings. The Labute approximate surface area is 156 Å². The molecule has 7 nitrogen and oxygen atoms in total. The van der Waals surface area contributed by atoms with Gasteiger partial charge in [-0.2, -0.15) is 4.31 Å². The van der Waals surface area contributed by atoms with Gasteiger partial charge in [-0.15, -0.1) is 0 Å². The fourth-order valence-corrected chi connectivity index (χ4v) is 4.44. The van der Waals surface area contributed by atoms with Crippen LogP contribution in [0.5, 0.6) is 0 Å². The van der Waals surface area contributed by atoms with Gasteiger partial charge in [-0.3, -0.25) is 4.79 Å². The summed E-state index contributed by atoms with van der Waals surface area (Å²) in [4.78, 5) is 16.4. The number of amides is 1. The van der Waals surface area contributed by atoms with E-state index in [9.17, 15) is 22.0 Å². The zero-order valence-electron chi connectivity index (χ0n) is 14.7. The average molecular weight is 398 g/mol. The molecular weight excluding hydrogens is 378 g/mol. The highest BCUT2D eigenvalue weighted by molar-refractivity contribution is 7.89. The molecule has 0 bridgehead atoms. The highest BCUT2D eigenvalue weighted by Gasteiger charge is 2.34. The molecular formula is C17H20F2N4O3S. The van der Waals surface area contributed by atoms with Crippen LogP contribution in [0.15, 0.2) is 35.7 Å². The second-order valence-electron chi connectivity index (χ2n) is 6.36. The summed E-state index contributed by atoms with van der Waals surface area (Å²) in [6.45, 7) is 2.73. The Balaban J connectivity index is 1.72. The van der Waals surface area contributed by atoms with Crippen LogP contribution in [0.1, 0.15) is 19.8 Å². The fourth-order valence-electron chi connectivity index (χ4n) is 2.98. The van der Waals surface area contributed by atoms with Crippen molar-refractivity contribution in [3.05, 3.63) is 42.4 Å². The number of rotatable bonds is 5. The predicted octanol–water partition coefficient (Wildman–Crippen LogP) is 2.22. The first-order chi connectivity index (χ1) is 12.8. The van der Waals surface area contributed by atoms with E-state index < -0.39 is 33.5 Å². The summed E-state index contributed by atoms with van der Waals surface area (Å²) in [5, 5.41) is 2.35. The smallest absolute Gasteiger partial charge is 0.262 e. The third kappa shape index (κ3) is 4.16. The number of sulfonamides is 1. The maximum atomic E-state index is 13.7. The number of imidazole rings is 1. The minimum atomic E-state index is -3.81. The van der Waals surface area contributed by atoms with Gasteiger partial charge in [0, 0.05) is 31.9 Å². The molecule has 0 radical (unpaired) electrons. The lowest BCUT2D eigenvalue weighted by molar-refractivity contribution is -0.120. The molecule has 1 amide bonds. The lowest BCUT2D eigenvalue weighted by atomic mass is 9.98. The van der Waals surface area contributed by atoms with E-state index in [2.05, 4.69) is 10.3 Å². The largest absolute Gasteiger partial charge is 0.336 e. The van der Waals surface area contributed by atoms with Gasteiger partial charge >= 0.3 is 0 Å². The molecule has 0 saturated carbocycles. The molecule has 2 heterocycles. The van der Waals surface area contributed by atoms with Crippen LogP contribution in [0.25, 0.3) is 0 Å². The van der Waals surface area contributed by atoms with Gasteiger partial charge in [-0.1, -0.05) is 0 Å². The Morgan fingerprint density at radius 2 is 2.15 bits per heavy atom. The molecule has 27 heavy (non-hydrogen) atoms. The van der Waals surface area contributed by atoms with Crippen LogP contribution in [-0.4, -0.2) is 41.3 Å². The third-order valence-electron chi connectivity index (χ3n) is 4.52. The van der Waals surface area contributed by atoms with Crippen LogP contribution in [0.2, 0.25) is 0 Å². The molecule has 0 aliphatic carbocycles. The van der Waals surface area contributed by atoms with E-state index in [-0.39, 0.29) is 23.8 Å². The molecule has 146 valence electrons.